The van der Waals surface area contributed by atoms with E-state index in [-0.39, 0.29) is 6.04 Å². The summed E-state index contributed by atoms with van der Waals surface area (Å²) in [6.45, 7) is 0. The Morgan fingerprint density at radius 1 is 1.15 bits per heavy atom. The number of nitrogens with zero attached hydrogens (tertiary/aromatic N) is 2. The van der Waals surface area contributed by atoms with Crippen molar-refractivity contribution in [3.05, 3.63) is 70.0 Å². The summed E-state index contributed by atoms with van der Waals surface area (Å²) < 4.78 is 5.27. The first kappa shape index (κ1) is 13.0. The van der Waals surface area contributed by atoms with E-state index in [1.807, 2.05) is 41.8 Å². The molecular weight excluding hydrogens is 270 g/mol. The lowest BCUT2D eigenvalue weighted by Crippen LogP contribution is -2.13. The molecule has 2 heterocycles. The molecule has 0 amide bonds. The second-order valence-electron chi connectivity index (χ2n) is 4.60. The van der Waals surface area contributed by atoms with Crippen LogP contribution in [0.1, 0.15) is 28.2 Å². The van der Waals surface area contributed by atoms with Gasteiger partial charge in [0.15, 0.2) is 5.82 Å². The van der Waals surface area contributed by atoms with Crippen LogP contribution in [0.5, 0.6) is 0 Å². The summed E-state index contributed by atoms with van der Waals surface area (Å²) in [5.74, 6) is 1.19. The number of hydrogen-bond donors (Lipinski definition) is 1. The minimum Gasteiger partial charge on any atom is -0.338 e. The fourth-order valence-corrected chi connectivity index (χ4v) is 2.72. The highest BCUT2D eigenvalue weighted by molar-refractivity contribution is 7.09. The van der Waals surface area contributed by atoms with Gasteiger partial charge < -0.3 is 10.3 Å². The fourth-order valence-electron chi connectivity index (χ4n) is 2.01. The number of thiophene rings is 1. The van der Waals surface area contributed by atoms with E-state index in [1.165, 1.54) is 4.88 Å². The molecule has 0 aliphatic rings. The molecule has 3 aromatic rings. The Balaban J connectivity index is 1.67. The van der Waals surface area contributed by atoms with Crippen LogP contribution in [0.25, 0.3) is 0 Å². The predicted octanol–water partition coefficient (Wildman–Crippen LogP) is 2.96. The third-order valence-corrected chi connectivity index (χ3v) is 3.89. The Morgan fingerprint density at radius 3 is 2.75 bits per heavy atom. The second-order valence-corrected chi connectivity index (χ2v) is 5.63. The zero-order valence-electron chi connectivity index (χ0n) is 10.9. The second kappa shape index (κ2) is 5.98. The molecule has 1 atom stereocenters. The maximum absolute atomic E-state index is 6.12. The summed E-state index contributed by atoms with van der Waals surface area (Å²) >= 11 is 1.69. The van der Waals surface area contributed by atoms with Crippen LogP contribution in [0, 0.1) is 0 Å². The molecule has 0 spiro atoms. The lowest BCUT2D eigenvalue weighted by Gasteiger charge is -2.05. The molecule has 0 unspecified atom stereocenters. The molecule has 0 aliphatic heterocycles. The molecule has 0 aliphatic carbocycles. The van der Waals surface area contributed by atoms with E-state index in [1.54, 1.807) is 11.3 Å². The van der Waals surface area contributed by atoms with Crippen molar-refractivity contribution in [2.75, 3.05) is 0 Å². The molecule has 0 radical (unpaired) electrons. The number of hydrogen-bond acceptors (Lipinski definition) is 5. The molecule has 3 rings (SSSR count). The molecule has 102 valence electrons. The summed E-state index contributed by atoms with van der Waals surface area (Å²) in [5.41, 5.74) is 7.28. The summed E-state index contributed by atoms with van der Waals surface area (Å²) in [4.78, 5) is 5.60. The molecule has 0 saturated carbocycles. The lowest BCUT2D eigenvalue weighted by molar-refractivity contribution is 0.350. The van der Waals surface area contributed by atoms with Crippen LogP contribution < -0.4 is 5.73 Å². The molecule has 20 heavy (non-hydrogen) atoms. The van der Waals surface area contributed by atoms with Crippen molar-refractivity contribution in [3.8, 4) is 0 Å². The minimum absolute atomic E-state index is 0.262. The molecule has 0 fully saturated rings. The molecule has 0 saturated heterocycles. The van der Waals surface area contributed by atoms with Gasteiger partial charge in [-0.15, -0.1) is 11.3 Å². The molecule has 1 aromatic carbocycles. The first-order valence-corrected chi connectivity index (χ1v) is 7.33. The third-order valence-electron chi connectivity index (χ3n) is 3.01. The minimum atomic E-state index is -0.262. The SMILES string of the molecule is N[C@@H](Cc1ccccc1)c1nc(Cc2cccs2)no1. The highest BCUT2D eigenvalue weighted by Gasteiger charge is 2.15. The normalized spacial score (nSPS) is 12.4. The van der Waals surface area contributed by atoms with Gasteiger partial charge in [-0.25, -0.2) is 0 Å². The number of aromatic nitrogens is 2. The monoisotopic (exact) mass is 285 g/mol. The summed E-state index contributed by atoms with van der Waals surface area (Å²) in [7, 11) is 0. The largest absolute Gasteiger partial charge is 0.338 e. The average Bonchev–Trinajstić information content (AvgIpc) is 3.12. The van der Waals surface area contributed by atoms with E-state index in [0.29, 0.717) is 24.6 Å². The topological polar surface area (TPSA) is 64.9 Å². The van der Waals surface area contributed by atoms with Gasteiger partial charge in [0.1, 0.15) is 0 Å². The Kier molecular flexibility index (Phi) is 3.90. The van der Waals surface area contributed by atoms with Gasteiger partial charge in [-0.3, -0.25) is 0 Å². The van der Waals surface area contributed by atoms with Crippen LogP contribution in [0.4, 0.5) is 0 Å². The number of benzene rings is 1. The maximum Gasteiger partial charge on any atom is 0.243 e. The van der Waals surface area contributed by atoms with Gasteiger partial charge in [0.25, 0.3) is 0 Å². The molecule has 2 aromatic heterocycles. The Hall–Kier alpha value is -1.98. The van der Waals surface area contributed by atoms with Gasteiger partial charge in [0.2, 0.25) is 5.89 Å². The van der Waals surface area contributed by atoms with Crippen molar-refractivity contribution in [2.24, 2.45) is 5.73 Å². The quantitative estimate of drug-likeness (QED) is 0.782. The molecule has 2 N–H and O–H groups in total. The van der Waals surface area contributed by atoms with Gasteiger partial charge in [-0.2, -0.15) is 4.98 Å². The Morgan fingerprint density at radius 2 is 2.00 bits per heavy atom. The number of rotatable bonds is 5. The first-order chi connectivity index (χ1) is 9.81. The van der Waals surface area contributed by atoms with Gasteiger partial charge >= 0.3 is 0 Å². The van der Waals surface area contributed by atoms with Crippen LogP contribution in [0.2, 0.25) is 0 Å². The zero-order chi connectivity index (χ0) is 13.8. The van der Waals surface area contributed by atoms with E-state index in [0.717, 1.165) is 5.56 Å². The number of nitrogens with two attached hydrogens (primary N) is 1. The predicted molar refractivity (Wildman–Crippen MR) is 78.5 cm³/mol. The Labute approximate surface area is 121 Å². The van der Waals surface area contributed by atoms with Crippen LogP contribution in [0.15, 0.2) is 52.4 Å². The van der Waals surface area contributed by atoms with Crippen LogP contribution in [-0.2, 0) is 12.8 Å². The van der Waals surface area contributed by atoms with Crippen LogP contribution in [-0.4, -0.2) is 10.1 Å². The zero-order valence-corrected chi connectivity index (χ0v) is 11.7. The van der Waals surface area contributed by atoms with E-state index in [2.05, 4.69) is 16.2 Å². The van der Waals surface area contributed by atoms with Crippen molar-refractivity contribution in [1.29, 1.82) is 0 Å². The fraction of sp³-hybridized carbons (Fsp3) is 0.200. The van der Waals surface area contributed by atoms with E-state index >= 15 is 0 Å². The molecule has 0 bridgehead atoms. The standard InChI is InChI=1S/C15H15N3OS/c16-13(9-11-5-2-1-3-6-11)15-17-14(18-19-15)10-12-7-4-8-20-12/h1-8,13H,9-10,16H2/t13-/m0/s1. The van der Waals surface area contributed by atoms with Gasteiger partial charge in [0, 0.05) is 11.3 Å². The van der Waals surface area contributed by atoms with Crippen LogP contribution in [0.3, 0.4) is 0 Å². The van der Waals surface area contributed by atoms with Gasteiger partial charge in [0.05, 0.1) is 6.04 Å². The van der Waals surface area contributed by atoms with Gasteiger partial charge in [-0.1, -0.05) is 41.6 Å². The highest BCUT2D eigenvalue weighted by atomic mass is 32.1. The Bertz CT molecular complexity index is 649. The average molecular weight is 285 g/mol. The third kappa shape index (κ3) is 3.12. The van der Waals surface area contributed by atoms with Gasteiger partial charge in [-0.05, 0) is 23.4 Å². The molecule has 4 nitrogen and oxygen atoms in total. The summed E-state index contributed by atoms with van der Waals surface area (Å²) in [6.07, 6.45) is 1.39. The lowest BCUT2D eigenvalue weighted by atomic mass is 10.1. The molecular formula is C15H15N3OS. The smallest absolute Gasteiger partial charge is 0.243 e. The van der Waals surface area contributed by atoms with E-state index < -0.39 is 0 Å². The van der Waals surface area contributed by atoms with E-state index in [9.17, 15) is 0 Å². The van der Waals surface area contributed by atoms with Crippen molar-refractivity contribution in [1.82, 2.24) is 10.1 Å². The van der Waals surface area contributed by atoms with Crippen molar-refractivity contribution in [2.45, 2.75) is 18.9 Å². The maximum atomic E-state index is 6.12. The summed E-state index contributed by atoms with van der Waals surface area (Å²) in [5, 5.41) is 6.03. The van der Waals surface area contributed by atoms with Crippen LogP contribution >= 0.6 is 11.3 Å². The molecule has 5 heteroatoms. The van der Waals surface area contributed by atoms with E-state index in [4.69, 9.17) is 10.3 Å². The van der Waals surface area contributed by atoms with Crippen molar-refractivity contribution < 1.29 is 4.52 Å². The summed E-state index contributed by atoms with van der Waals surface area (Å²) in [6, 6.07) is 13.9. The first-order valence-electron chi connectivity index (χ1n) is 6.45. The van der Waals surface area contributed by atoms with Crippen molar-refractivity contribution in [3.63, 3.8) is 0 Å². The van der Waals surface area contributed by atoms with Crippen molar-refractivity contribution >= 4 is 11.3 Å². The highest BCUT2D eigenvalue weighted by Crippen LogP contribution is 2.17.